The van der Waals surface area contributed by atoms with Crippen molar-refractivity contribution in [3.8, 4) is 11.8 Å². The van der Waals surface area contributed by atoms with Gasteiger partial charge in [0, 0.05) is 10.7 Å². The van der Waals surface area contributed by atoms with Gasteiger partial charge in [-0.3, -0.25) is 9.52 Å². The van der Waals surface area contributed by atoms with Gasteiger partial charge in [0.05, 0.1) is 23.1 Å². The fraction of sp³-hybridized carbons (Fsp3) is 0.130. The van der Waals surface area contributed by atoms with Gasteiger partial charge < -0.3 is 10.1 Å². The highest BCUT2D eigenvalue weighted by molar-refractivity contribution is 7.92. The smallest absolute Gasteiger partial charge is 0.262 e. The number of ether oxygens (including phenoxy) is 1. The molecule has 0 heterocycles. The number of anilines is 2. The average Bonchev–Trinajstić information content (AvgIpc) is 2.76. The van der Waals surface area contributed by atoms with Crippen LogP contribution in [0.4, 0.5) is 11.4 Å². The van der Waals surface area contributed by atoms with E-state index < -0.39 is 10.0 Å². The maximum Gasteiger partial charge on any atom is 0.262 e. The molecule has 0 radical (unpaired) electrons. The Balaban J connectivity index is 1.56. The van der Waals surface area contributed by atoms with Gasteiger partial charge in [0.15, 0.2) is 6.61 Å². The largest absolute Gasteiger partial charge is 0.484 e. The molecule has 9 heteroatoms. The molecule has 0 aromatic heterocycles. The minimum absolute atomic E-state index is 0.0449. The van der Waals surface area contributed by atoms with Crippen LogP contribution in [0.25, 0.3) is 0 Å². The van der Waals surface area contributed by atoms with E-state index in [2.05, 4.69) is 16.1 Å². The summed E-state index contributed by atoms with van der Waals surface area (Å²) in [5, 5.41) is 11.8. The Bertz CT molecular complexity index is 1250. The first-order valence-corrected chi connectivity index (χ1v) is 11.4. The fourth-order valence-electron chi connectivity index (χ4n) is 2.73. The molecule has 0 unspecified atom stereocenters. The van der Waals surface area contributed by atoms with Crippen molar-refractivity contribution in [2.45, 2.75) is 18.2 Å². The summed E-state index contributed by atoms with van der Waals surface area (Å²) in [6.45, 7) is 1.58. The third-order valence-electron chi connectivity index (χ3n) is 4.45. The van der Waals surface area contributed by atoms with E-state index in [1.165, 1.54) is 24.3 Å². The number of nitriles is 1. The summed E-state index contributed by atoms with van der Waals surface area (Å²) in [5.74, 6) is -0.0190. The van der Waals surface area contributed by atoms with Gasteiger partial charge in [-0.2, -0.15) is 5.26 Å². The molecule has 0 bridgehead atoms. The van der Waals surface area contributed by atoms with Crippen molar-refractivity contribution >= 4 is 38.9 Å². The van der Waals surface area contributed by atoms with Crippen molar-refractivity contribution in [2.75, 3.05) is 16.6 Å². The molecule has 0 spiro atoms. The second-order valence-electron chi connectivity index (χ2n) is 6.91. The van der Waals surface area contributed by atoms with E-state index in [9.17, 15) is 13.2 Å². The number of benzene rings is 3. The number of sulfonamides is 1. The molecule has 32 heavy (non-hydrogen) atoms. The number of hydrogen-bond donors (Lipinski definition) is 2. The molecule has 2 N–H and O–H groups in total. The Morgan fingerprint density at radius 3 is 2.31 bits per heavy atom. The summed E-state index contributed by atoms with van der Waals surface area (Å²) in [4.78, 5) is 12.1. The molecule has 0 atom stereocenters. The molecule has 3 rings (SSSR count). The summed E-state index contributed by atoms with van der Waals surface area (Å²) in [6.07, 6.45) is 0.303. The van der Waals surface area contributed by atoms with Crippen molar-refractivity contribution < 1.29 is 17.9 Å². The predicted molar refractivity (Wildman–Crippen MR) is 123 cm³/mol. The lowest BCUT2D eigenvalue weighted by Crippen LogP contribution is -2.20. The number of rotatable bonds is 8. The predicted octanol–water partition coefficient (Wildman–Crippen LogP) is 4.53. The lowest BCUT2D eigenvalue weighted by molar-refractivity contribution is -0.118. The molecular formula is C23H20ClN3O4S. The van der Waals surface area contributed by atoms with E-state index in [1.54, 1.807) is 42.5 Å². The van der Waals surface area contributed by atoms with Gasteiger partial charge in [-0.05, 0) is 66.6 Å². The van der Waals surface area contributed by atoms with Crippen LogP contribution in [0.1, 0.15) is 11.1 Å². The molecule has 0 aliphatic rings. The number of amides is 1. The highest BCUT2D eigenvalue weighted by atomic mass is 35.5. The third kappa shape index (κ3) is 6.23. The van der Waals surface area contributed by atoms with E-state index in [0.29, 0.717) is 28.6 Å². The van der Waals surface area contributed by atoms with Crippen LogP contribution in [-0.4, -0.2) is 20.9 Å². The van der Waals surface area contributed by atoms with Crippen LogP contribution < -0.4 is 14.8 Å². The number of carbonyl (C=O) groups is 1. The topological polar surface area (TPSA) is 108 Å². The van der Waals surface area contributed by atoms with Crippen molar-refractivity contribution in [1.29, 1.82) is 5.26 Å². The Kier molecular flexibility index (Phi) is 7.36. The first-order valence-electron chi connectivity index (χ1n) is 9.54. The van der Waals surface area contributed by atoms with Crippen LogP contribution >= 0.6 is 11.6 Å². The molecular weight excluding hydrogens is 450 g/mol. The van der Waals surface area contributed by atoms with Gasteiger partial charge >= 0.3 is 0 Å². The molecule has 0 aliphatic carbocycles. The fourth-order valence-corrected chi connectivity index (χ4v) is 3.96. The standard InChI is InChI=1S/C23H20ClN3O4S/c1-16-2-5-19(14-22(16)24)27-32(29,30)21-10-8-20(9-11-21)31-15-23(28)26-18-6-3-17(4-7-18)12-13-25/h2-11,14,27H,12,15H2,1H3,(H,26,28). The molecule has 1 amide bonds. The third-order valence-corrected chi connectivity index (χ3v) is 6.25. The first kappa shape index (κ1) is 23.1. The zero-order valence-electron chi connectivity index (χ0n) is 17.1. The lowest BCUT2D eigenvalue weighted by atomic mass is 10.1. The van der Waals surface area contributed by atoms with Crippen LogP contribution in [0.15, 0.2) is 71.6 Å². The summed E-state index contributed by atoms with van der Waals surface area (Å²) < 4.78 is 33.0. The minimum atomic E-state index is -3.80. The second-order valence-corrected chi connectivity index (χ2v) is 9.00. The van der Waals surface area contributed by atoms with E-state index in [4.69, 9.17) is 21.6 Å². The van der Waals surface area contributed by atoms with Crippen molar-refractivity contribution in [2.24, 2.45) is 0 Å². The molecule has 0 saturated heterocycles. The molecule has 3 aromatic rings. The summed E-state index contributed by atoms with van der Waals surface area (Å²) in [5.41, 5.74) is 2.65. The zero-order valence-corrected chi connectivity index (χ0v) is 18.7. The van der Waals surface area contributed by atoms with Gasteiger partial charge in [0.1, 0.15) is 5.75 Å². The first-order chi connectivity index (χ1) is 15.3. The van der Waals surface area contributed by atoms with Gasteiger partial charge in [0.25, 0.3) is 15.9 Å². The van der Waals surface area contributed by atoms with E-state index in [-0.39, 0.29) is 17.4 Å². The summed E-state index contributed by atoms with van der Waals surface area (Å²) in [6, 6.07) is 19.6. The van der Waals surface area contributed by atoms with Crippen LogP contribution in [-0.2, 0) is 21.2 Å². The lowest BCUT2D eigenvalue weighted by Gasteiger charge is -2.11. The molecule has 164 valence electrons. The zero-order chi connectivity index (χ0) is 23.1. The molecule has 7 nitrogen and oxygen atoms in total. The SMILES string of the molecule is Cc1ccc(NS(=O)(=O)c2ccc(OCC(=O)Nc3ccc(CC#N)cc3)cc2)cc1Cl. The van der Waals surface area contributed by atoms with Crippen LogP contribution in [0.3, 0.4) is 0 Å². The van der Waals surface area contributed by atoms with Crippen molar-refractivity contribution in [1.82, 2.24) is 0 Å². The maximum atomic E-state index is 12.6. The van der Waals surface area contributed by atoms with Crippen LogP contribution in [0.5, 0.6) is 5.75 Å². The van der Waals surface area contributed by atoms with Gasteiger partial charge in [-0.1, -0.05) is 29.8 Å². The van der Waals surface area contributed by atoms with Gasteiger partial charge in [-0.25, -0.2) is 8.42 Å². The number of nitrogens with one attached hydrogen (secondary N) is 2. The Morgan fingerprint density at radius 2 is 1.69 bits per heavy atom. The Labute approximate surface area is 191 Å². The number of carbonyl (C=O) groups excluding carboxylic acids is 1. The molecule has 3 aromatic carbocycles. The highest BCUT2D eigenvalue weighted by Gasteiger charge is 2.15. The van der Waals surface area contributed by atoms with Gasteiger partial charge in [0.2, 0.25) is 0 Å². The van der Waals surface area contributed by atoms with Crippen molar-refractivity contribution in [3.63, 3.8) is 0 Å². The van der Waals surface area contributed by atoms with E-state index in [1.807, 2.05) is 6.92 Å². The molecule has 0 fully saturated rings. The van der Waals surface area contributed by atoms with E-state index in [0.717, 1.165) is 11.1 Å². The highest BCUT2D eigenvalue weighted by Crippen LogP contribution is 2.23. The number of hydrogen-bond acceptors (Lipinski definition) is 5. The second kappa shape index (κ2) is 10.2. The normalized spacial score (nSPS) is 10.8. The number of halogens is 1. The van der Waals surface area contributed by atoms with Crippen molar-refractivity contribution in [3.05, 3.63) is 82.9 Å². The maximum absolute atomic E-state index is 12.6. The number of nitrogens with zero attached hydrogens (tertiary/aromatic N) is 1. The Hall–Kier alpha value is -3.54. The van der Waals surface area contributed by atoms with Crippen LogP contribution in [0, 0.1) is 18.3 Å². The summed E-state index contributed by atoms with van der Waals surface area (Å²) in [7, 11) is -3.80. The molecule has 0 saturated carbocycles. The monoisotopic (exact) mass is 469 g/mol. The van der Waals surface area contributed by atoms with Crippen LogP contribution in [0.2, 0.25) is 5.02 Å². The number of aryl methyl sites for hydroxylation is 1. The van der Waals surface area contributed by atoms with E-state index >= 15 is 0 Å². The Morgan fingerprint density at radius 1 is 1.03 bits per heavy atom. The molecule has 0 aliphatic heterocycles. The minimum Gasteiger partial charge on any atom is -0.484 e. The van der Waals surface area contributed by atoms with Gasteiger partial charge in [-0.15, -0.1) is 0 Å². The summed E-state index contributed by atoms with van der Waals surface area (Å²) >= 11 is 6.04. The average molecular weight is 470 g/mol. The quantitative estimate of drug-likeness (QED) is 0.503.